The van der Waals surface area contributed by atoms with Crippen molar-refractivity contribution in [1.29, 1.82) is 0 Å². The molecule has 142 valence electrons. The summed E-state index contributed by atoms with van der Waals surface area (Å²) in [6, 6.07) is 11.5. The first-order valence-electron chi connectivity index (χ1n) is 9.13. The molecule has 0 aliphatic carbocycles. The van der Waals surface area contributed by atoms with Crippen molar-refractivity contribution in [2.24, 2.45) is 0 Å². The van der Waals surface area contributed by atoms with Crippen molar-refractivity contribution in [3.05, 3.63) is 65.6 Å². The van der Waals surface area contributed by atoms with Gasteiger partial charge in [0.25, 0.3) is 0 Å². The Morgan fingerprint density at radius 2 is 1.78 bits per heavy atom. The molecule has 1 unspecified atom stereocenters. The van der Waals surface area contributed by atoms with Crippen molar-refractivity contribution in [3.8, 4) is 0 Å². The van der Waals surface area contributed by atoms with Crippen molar-refractivity contribution >= 4 is 5.65 Å². The minimum absolute atomic E-state index is 0.133. The highest BCUT2D eigenvalue weighted by atomic mass is 19.4. The lowest BCUT2D eigenvalue weighted by Gasteiger charge is -2.37. The van der Waals surface area contributed by atoms with E-state index in [-0.39, 0.29) is 17.3 Å². The van der Waals surface area contributed by atoms with Gasteiger partial charge in [-0.05, 0) is 56.0 Å². The quantitative estimate of drug-likeness (QED) is 0.667. The zero-order valence-corrected chi connectivity index (χ0v) is 15.0. The third-order valence-electron chi connectivity index (χ3n) is 5.58. The highest BCUT2D eigenvalue weighted by Gasteiger charge is 2.39. The molecule has 2 aromatic heterocycles. The number of fused-ring (bicyclic) bond motifs is 1. The fraction of sp³-hybridized carbons (Fsp3) is 0.400. The standard InChI is InChI=1S/C20H21F3N4/c1-14(26-10-7-16(8-11-26)15-5-3-2-4-6-15)17-9-12-27-13-24-25-19(27)18(17)20(21,22)23/h2-6,9,12-14,16H,7-8,10-11H2,1H3. The second-order valence-corrected chi connectivity index (χ2v) is 7.10. The zero-order chi connectivity index (χ0) is 19.0. The van der Waals surface area contributed by atoms with E-state index in [4.69, 9.17) is 0 Å². The lowest BCUT2D eigenvalue weighted by atomic mass is 9.88. The van der Waals surface area contributed by atoms with Crippen LogP contribution in [0.3, 0.4) is 0 Å². The highest BCUT2D eigenvalue weighted by Crippen LogP contribution is 2.40. The maximum Gasteiger partial charge on any atom is 0.420 e. The van der Waals surface area contributed by atoms with E-state index in [0.29, 0.717) is 5.92 Å². The average Bonchev–Trinajstić information content (AvgIpc) is 3.15. The Hall–Kier alpha value is -2.41. The molecule has 1 aromatic carbocycles. The summed E-state index contributed by atoms with van der Waals surface area (Å²) in [6.45, 7) is 3.39. The summed E-state index contributed by atoms with van der Waals surface area (Å²) in [5, 5.41) is 7.33. The lowest BCUT2D eigenvalue weighted by Crippen LogP contribution is -2.36. The second-order valence-electron chi connectivity index (χ2n) is 7.10. The van der Waals surface area contributed by atoms with Gasteiger partial charge in [-0.2, -0.15) is 13.2 Å². The van der Waals surface area contributed by atoms with Gasteiger partial charge in [-0.25, -0.2) is 0 Å². The Morgan fingerprint density at radius 3 is 2.44 bits per heavy atom. The summed E-state index contributed by atoms with van der Waals surface area (Å²) in [5.74, 6) is 0.468. The van der Waals surface area contributed by atoms with Crippen LogP contribution in [0.5, 0.6) is 0 Å². The van der Waals surface area contributed by atoms with Crippen LogP contribution in [0.15, 0.2) is 48.9 Å². The van der Waals surface area contributed by atoms with Crippen molar-refractivity contribution in [1.82, 2.24) is 19.5 Å². The molecule has 1 aliphatic heterocycles. The molecule has 3 heterocycles. The third kappa shape index (κ3) is 3.43. The first kappa shape index (κ1) is 18.0. The molecular formula is C20H21F3N4. The van der Waals surface area contributed by atoms with Gasteiger partial charge in [0.1, 0.15) is 11.9 Å². The molecule has 0 spiro atoms. The van der Waals surface area contributed by atoms with Crippen molar-refractivity contribution in [2.75, 3.05) is 13.1 Å². The van der Waals surface area contributed by atoms with E-state index in [1.165, 1.54) is 16.3 Å². The number of nitrogens with zero attached hydrogens (tertiary/aromatic N) is 4. The van der Waals surface area contributed by atoms with E-state index in [0.717, 1.165) is 25.9 Å². The molecule has 0 N–H and O–H groups in total. The number of aromatic nitrogens is 3. The van der Waals surface area contributed by atoms with Crippen LogP contribution < -0.4 is 0 Å². The first-order chi connectivity index (χ1) is 12.9. The number of benzene rings is 1. The minimum Gasteiger partial charge on any atom is -0.297 e. The van der Waals surface area contributed by atoms with Crippen LogP contribution in [0.2, 0.25) is 0 Å². The molecule has 1 saturated heterocycles. The van der Waals surface area contributed by atoms with Crippen molar-refractivity contribution < 1.29 is 13.2 Å². The normalized spacial score (nSPS) is 18.1. The summed E-state index contributed by atoms with van der Waals surface area (Å²) in [7, 11) is 0. The Balaban J connectivity index is 1.58. The summed E-state index contributed by atoms with van der Waals surface area (Å²) >= 11 is 0. The van der Waals surface area contributed by atoms with Crippen LogP contribution in [0.25, 0.3) is 5.65 Å². The molecule has 3 aromatic rings. The molecule has 0 radical (unpaired) electrons. The SMILES string of the molecule is CC(c1ccn2cnnc2c1C(F)(F)F)N1CCC(c2ccccc2)CC1. The highest BCUT2D eigenvalue weighted by molar-refractivity contribution is 5.53. The molecular weight excluding hydrogens is 353 g/mol. The monoisotopic (exact) mass is 374 g/mol. The topological polar surface area (TPSA) is 33.4 Å². The molecule has 0 bridgehead atoms. The van der Waals surface area contributed by atoms with Gasteiger partial charge >= 0.3 is 6.18 Å². The fourth-order valence-electron chi connectivity index (χ4n) is 4.08. The predicted octanol–water partition coefficient (Wildman–Crippen LogP) is 4.69. The van der Waals surface area contributed by atoms with E-state index in [1.54, 1.807) is 12.3 Å². The summed E-state index contributed by atoms with van der Waals surface area (Å²) in [5.41, 5.74) is 0.762. The first-order valence-corrected chi connectivity index (χ1v) is 9.13. The van der Waals surface area contributed by atoms with Crippen LogP contribution in [-0.2, 0) is 6.18 Å². The number of alkyl halides is 3. The van der Waals surface area contributed by atoms with Crippen LogP contribution in [0.1, 0.15) is 48.4 Å². The van der Waals surface area contributed by atoms with Crippen molar-refractivity contribution in [2.45, 2.75) is 37.9 Å². The van der Waals surface area contributed by atoms with Gasteiger partial charge in [-0.1, -0.05) is 30.3 Å². The number of halogens is 3. The molecule has 0 saturated carbocycles. The van der Waals surface area contributed by atoms with Gasteiger partial charge in [0.05, 0.1) is 0 Å². The predicted molar refractivity (Wildman–Crippen MR) is 96.4 cm³/mol. The van der Waals surface area contributed by atoms with Crippen LogP contribution in [0, 0.1) is 0 Å². The Bertz CT molecular complexity index is 912. The molecule has 4 rings (SSSR count). The minimum atomic E-state index is -4.47. The van der Waals surface area contributed by atoms with Crippen LogP contribution in [-0.4, -0.2) is 32.6 Å². The average molecular weight is 374 g/mol. The van der Waals surface area contributed by atoms with Gasteiger partial charge in [0, 0.05) is 12.2 Å². The number of rotatable bonds is 3. The van der Waals surface area contributed by atoms with E-state index < -0.39 is 11.7 Å². The van der Waals surface area contributed by atoms with Gasteiger partial charge in [-0.15, -0.1) is 10.2 Å². The van der Waals surface area contributed by atoms with Gasteiger partial charge in [0.2, 0.25) is 0 Å². The Labute approximate surface area is 155 Å². The number of likely N-dealkylation sites (tertiary alicyclic amines) is 1. The summed E-state index contributed by atoms with van der Waals surface area (Å²) in [6.07, 6.45) is 0.324. The number of piperidine rings is 1. The van der Waals surface area contributed by atoms with Crippen molar-refractivity contribution in [3.63, 3.8) is 0 Å². The maximum absolute atomic E-state index is 13.8. The second kappa shape index (κ2) is 6.96. The molecule has 7 heteroatoms. The van der Waals surface area contributed by atoms with Gasteiger partial charge < -0.3 is 0 Å². The Kier molecular flexibility index (Phi) is 4.63. The molecule has 27 heavy (non-hydrogen) atoms. The fourth-order valence-corrected chi connectivity index (χ4v) is 4.08. The smallest absolute Gasteiger partial charge is 0.297 e. The van der Waals surface area contributed by atoms with E-state index in [2.05, 4.69) is 27.2 Å². The van der Waals surface area contributed by atoms with Gasteiger partial charge in [-0.3, -0.25) is 9.30 Å². The summed E-state index contributed by atoms with van der Waals surface area (Å²) < 4.78 is 42.6. The third-order valence-corrected chi connectivity index (χ3v) is 5.58. The van der Waals surface area contributed by atoms with E-state index in [1.807, 2.05) is 25.1 Å². The van der Waals surface area contributed by atoms with Gasteiger partial charge in [0.15, 0.2) is 5.65 Å². The van der Waals surface area contributed by atoms with Crippen LogP contribution in [0.4, 0.5) is 13.2 Å². The van der Waals surface area contributed by atoms with E-state index >= 15 is 0 Å². The Morgan fingerprint density at radius 1 is 1.07 bits per heavy atom. The largest absolute Gasteiger partial charge is 0.420 e. The molecule has 1 aliphatic rings. The maximum atomic E-state index is 13.8. The molecule has 4 nitrogen and oxygen atoms in total. The number of hydrogen-bond acceptors (Lipinski definition) is 3. The summed E-state index contributed by atoms with van der Waals surface area (Å²) in [4.78, 5) is 2.14. The zero-order valence-electron chi connectivity index (χ0n) is 15.0. The van der Waals surface area contributed by atoms with E-state index in [9.17, 15) is 13.2 Å². The molecule has 0 amide bonds. The number of hydrogen-bond donors (Lipinski definition) is 0. The van der Waals surface area contributed by atoms with Crippen LogP contribution >= 0.6 is 0 Å². The number of pyridine rings is 1. The lowest BCUT2D eigenvalue weighted by molar-refractivity contribution is -0.137. The molecule has 1 atom stereocenters. The molecule has 1 fully saturated rings.